The van der Waals surface area contributed by atoms with Gasteiger partial charge >= 0.3 is 0 Å². The lowest BCUT2D eigenvalue weighted by atomic mass is 10.1. The summed E-state index contributed by atoms with van der Waals surface area (Å²) in [6.07, 6.45) is 5.21. The lowest BCUT2D eigenvalue weighted by molar-refractivity contribution is -0.475. The van der Waals surface area contributed by atoms with E-state index in [9.17, 15) is 5.21 Å². The van der Waals surface area contributed by atoms with E-state index in [-0.39, 0.29) is 6.54 Å². The molecule has 5 nitrogen and oxygen atoms in total. The summed E-state index contributed by atoms with van der Waals surface area (Å²) in [5, 5.41) is 13.5. The van der Waals surface area contributed by atoms with Crippen LogP contribution in [0.5, 0.6) is 5.75 Å². The van der Waals surface area contributed by atoms with Gasteiger partial charge in [-0.25, -0.2) is 9.72 Å². The maximum absolute atomic E-state index is 12.9. The molecular formula is C19H18ClN3O2. The molecule has 0 radical (unpaired) electrons. The molecule has 6 heteroatoms. The highest BCUT2D eigenvalue weighted by atomic mass is 35.5. The van der Waals surface area contributed by atoms with E-state index in [1.54, 1.807) is 31.8 Å². The Hall–Kier alpha value is -2.79. The van der Waals surface area contributed by atoms with Crippen LogP contribution < -0.4 is 4.74 Å². The standard InChI is InChI=1S/C19H18ClN3O2/c1-25-18-8-2-15(3-9-18)12-23(24)19(13-22-11-10-21-14-22)16-4-6-17(20)7-5-16/h2-11,14H,12-13H2,1H3. The van der Waals surface area contributed by atoms with E-state index in [2.05, 4.69) is 4.98 Å². The van der Waals surface area contributed by atoms with Crippen LogP contribution in [0.3, 0.4) is 0 Å². The van der Waals surface area contributed by atoms with Crippen molar-refractivity contribution in [2.45, 2.75) is 13.1 Å². The number of aromatic nitrogens is 2. The summed E-state index contributed by atoms with van der Waals surface area (Å²) in [5.41, 5.74) is 2.39. The van der Waals surface area contributed by atoms with Gasteiger partial charge in [-0.3, -0.25) is 0 Å². The number of benzene rings is 2. The van der Waals surface area contributed by atoms with Gasteiger partial charge in [0.15, 0.2) is 6.54 Å². The molecule has 0 aliphatic rings. The van der Waals surface area contributed by atoms with Crippen molar-refractivity contribution in [3.8, 4) is 5.75 Å². The van der Waals surface area contributed by atoms with Gasteiger partial charge in [0.2, 0.25) is 5.71 Å². The molecule has 3 aromatic rings. The maximum atomic E-state index is 12.9. The summed E-state index contributed by atoms with van der Waals surface area (Å²) in [6.45, 7) is 0.679. The van der Waals surface area contributed by atoms with Crippen LogP contribution in [0.15, 0.2) is 67.3 Å². The highest BCUT2D eigenvalue weighted by Crippen LogP contribution is 2.14. The molecule has 0 amide bonds. The molecule has 2 aromatic carbocycles. The number of nitrogens with zero attached hydrogens (tertiary/aromatic N) is 3. The second-order valence-electron chi connectivity index (χ2n) is 5.57. The van der Waals surface area contributed by atoms with Gasteiger partial charge in [-0.05, 0) is 48.5 Å². The predicted molar refractivity (Wildman–Crippen MR) is 98.1 cm³/mol. The summed E-state index contributed by atoms with van der Waals surface area (Å²) < 4.78 is 8.02. The largest absolute Gasteiger partial charge is 0.623 e. The normalized spacial score (nSPS) is 11.9. The fraction of sp³-hybridized carbons (Fsp3) is 0.158. The summed E-state index contributed by atoms with van der Waals surface area (Å²) >= 11 is 5.97. The quantitative estimate of drug-likeness (QED) is 0.293. The van der Waals surface area contributed by atoms with Crippen LogP contribution in [-0.4, -0.2) is 27.1 Å². The van der Waals surface area contributed by atoms with E-state index < -0.39 is 0 Å². The van der Waals surface area contributed by atoms with Gasteiger partial charge in [0, 0.05) is 28.5 Å². The molecule has 0 saturated heterocycles. The van der Waals surface area contributed by atoms with Gasteiger partial charge in [0.1, 0.15) is 12.3 Å². The second-order valence-corrected chi connectivity index (χ2v) is 6.01. The van der Waals surface area contributed by atoms with E-state index in [4.69, 9.17) is 16.3 Å². The molecule has 128 valence electrons. The minimum Gasteiger partial charge on any atom is -0.623 e. The lowest BCUT2D eigenvalue weighted by Gasteiger charge is -2.13. The first-order valence-electron chi connectivity index (χ1n) is 7.81. The topological polar surface area (TPSA) is 53.1 Å². The Morgan fingerprint density at radius 1 is 1.16 bits per heavy atom. The number of hydrogen-bond acceptors (Lipinski definition) is 3. The van der Waals surface area contributed by atoms with Crippen molar-refractivity contribution < 1.29 is 9.48 Å². The van der Waals surface area contributed by atoms with Crippen LogP contribution in [0.4, 0.5) is 0 Å². The van der Waals surface area contributed by atoms with E-state index in [1.807, 2.05) is 47.2 Å². The number of hydroxylamine groups is 1. The highest BCUT2D eigenvalue weighted by molar-refractivity contribution is 6.30. The maximum Gasteiger partial charge on any atom is 0.214 e. The Labute approximate surface area is 151 Å². The molecule has 0 fully saturated rings. The van der Waals surface area contributed by atoms with Crippen LogP contribution in [-0.2, 0) is 13.1 Å². The van der Waals surface area contributed by atoms with Crippen molar-refractivity contribution >= 4 is 17.3 Å². The van der Waals surface area contributed by atoms with Crippen LogP contribution in [0.1, 0.15) is 11.1 Å². The molecule has 1 heterocycles. The number of halogens is 1. The van der Waals surface area contributed by atoms with E-state index in [1.165, 1.54) is 0 Å². The van der Waals surface area contributed by atoms with Crippen molar-refractivity contribution in [1.29, 1.82) is 0 Å². The third-order valence-electron chi connectivity index (χ3n) is 3.86. The van der Waals surface area contributed by atoms with Crippen molar-refractivity contribution in [1.82, 2.24) is 9.55 Å². The molecule has 0 saturated carbocycles. The average molecular weight is 356 g/mol. The Bertz CT molecular complexity index is 841. The van der Waals surface area contributed by atoms with Gasteiger partial charge in [0.25, 0.3) is 0 Å². The number of methoxy groups -OCH3 is 1. The predicted octanol–water partition coefficient (Wildman–Crippen LogP) is 3.74. The number of rotatable bonds is 6. The van der Waals surface area contributed by atoms with Gasteiger partial charge in [-0.2, -0.15) is 0 Å². The molecule has 0 spiro atoms. The Balaban J connectivity index is 1.92. The van der Waals surface area contributed by atoms with E-state index >= 15 is 0 Å². The van der Waals surface area contributed by atoms with Crippen LogP contribution in [0, 0.1) is 5.21 Å². The van der Waals surface area contributed by atoms with Crippen LogP contribution in [0.2, 0.25) is 5.02 Å². The third-order valence-corrected chi connectivity index (χ3v) is 4.11. The van der Waals surface area contributed by atoms with Gasteiger partial charge in [0.05, 0.1) is 13.4 Å². The molecule has 0 unspecified atom stereocenters. The third kappa shape index (κ3) is 4.39. The molecule has 3 rings (SSSR count). The molecule has 0 N–H and O–H groups in total. The zero-order chi connectivity index (χ0) is 17.6. The van der Waals surface area contributed by atoms with Crippen LogP contribution in [0.25, 0.3) is 0 Å². The number of ether oxygens (including phenoxy) is 1. The summed E-state index contributed by atoms with van der Waals surface area (Å²) in [6, 6.07) is 14.8. The Morgan fingerprint density at radius 2 is 1.88 bits per heavy atom. The lowest BCUT2D eigenvalue weighted by Crippen LogP contribution is -2.22. The monoisotopic (exact) mass is 355 g/mol. The van der Waals surface area contributed by atoms with E-state index in [0.29, 0.717) is 17.3 Å². The fourth-order valence-corrected chi connectivity index (χ4v) is 2.63. The second kappa shape index (κ2) is 7.85. The minimum atomic E-state index is 0.247. The molecule has 0 aliphatic carbocycles. The first-order valence-corrected chi connectivity index (χ1v) is 8.18. The summed E-state index contributed by atoms with van der Waals surface area (Å²) in [7, 11) is 1.62. The number of hydrogen-bond donors (Lipinski definition) is 0. The summed E-state index contributed by atoms with van der Waals surface area (Å²) in [5.74, 6) is 0.765. The van der Waals surface area contributed by atoms with Crippen molar-refractivity contribution in [3.05, 3.63) is 88.6 Å². The molecule has 0 atom stereocenters. The first-order chi connectivity index (χ1) is 12.2. The Kier molecular flexibility index (Phi) is 5.36. The van der Waals surface area contributed by atoms with Crippen LogP contribution >= 0.6 is 11.6 Å². The molecule has 0 aliphatic heterocycles. The van der Waals surface area contributed by atoms with Gasteiger partial charge in [-0.1, -0.05) is 11.6 Å². The highest BCUT2D eigenvalue weighted by Gasteiger charge is 2.15. The molecular weight excluding hydrogens is 338 g/mol. The number of imidazole rings is 1. The van der Waals surface area contributed by atoms with Crippen molar-refractivity contribution in [3.63, 3.8) is 0 Å². The SMILES string of the molecule is COc1ccc(C[N+]([O-])=C(Cn2ccnc2)c2ccc(Cl)cc2)cc1. The van der Waals surface area contributed by atoms with Gasteiger partial charge < -0.3 is 14.5 Å². The van der Waals surface area contributed by atoms with Crippen molar-refractivity contribution in [2.75, 3.05) is 7.11 Å². The average Bonchev–Trinajstić information content (AvgIpc) is 3.14. The molecule has 1 aromatic heterocycles. The molecule has 0 bridgehead atoms. The van der Waals surface area contributed by atoms with Crippen molar-refractivity contribution in [2.24, 2.45) is 0 Å². The van der Waals surface area contributed by atoms with Gasteiger partial charge in [-0.15, -0.1) is 0 Å². The Morgan fingerprint density at radius 3 is 2.48 bits per heavy atom. The minimum absolute atomic E-state index is 0.247. The fourth-order valence-electron chi connectivity index (χ4n) is 2.50. The zero-order valence-electron chi connectivity index (χ0n) is 13.8. The van der Waals surface area contributed by atoms with E-state index in [0.717, 1.165) is 21.6 Å². The smallest absolute Gasteiger partial charge is 0.214 e. The first kappa shape index (κ1) is 17.0. The molecule has 25 heavy (non-hydrogen) atoms. The summed E-state index contributed by atoms with van der Waals surface area (Å²) in [4.78, 5) is 4.04. The zero-order valence-corrected chi connectivity index (χ0v) is 14.6.